The maximum atomic E-state index is 12.4. The van der Waals surface area contributed by atoms with Crippen LogP contribution in [0, 0.1) is 6.92 Å². The fraction of sp³-hybridized carbons (Fsp3) is 0.462. The number of hydrogen-bond donors (Lipinski definition) is 1. The van der Waals surface area contributed by atoms with E-state index in [0.717, 1.165) is 51.4 Å². The van der Waals surface area contributed by atoms with Crippen molar-refractivity contribution in [1.29, 1.82) is 0 Å². The molecule has 0 unspecified atom stereocenters. The molecule has 0 radical (unpaired) electrons. The Morgan fingerprint density at radius 3 is 2.67 bits per heavy atom. The predicted octanol–water partition coefficient (Wildman–Crippen LogP) is 5.89. The topological polar surface area (TPSA) is 48.5 Å². The van der Waals surface area contributed by atoms with Gasteiger partial charge < -0.3 is 15.1 Å². The first-order valence-corrected chi connectivity index (χ1v) is 13.2. The summed E-state index contributed by atoms with van der Waals surface area (Å²) in [5.41, 5.74) is 3.00. The number of benzene rings is 1. The molecule has 1 aromatic carbocycles. The Morgan fingerprint density at radius 2 is 1.94 bits per heavy atom. The van der Waals surface area contributed by atoms with Crippen LogP contribution in [0.3, 0.4) is 0 Å². The number of piperidine rings is 1. The molecule has 2 fully saturated rings. The van der Waals surface area contributed by atoms with Crippen molar-refractivity contribution in [3.8, 4) is 0 Å². The molecule has 7 heteroatoms. The van der Waals surface area contributed by atoms with E-state index in [-0.39, 0.29) is 5.91 Å². The number of carbonyl (C=O) groups excluding carboxylic acids is 1. The number of nitrogens with zero attached hydrogens (tertiary/aromatic N) is 3. The molecule has 0 spiro atoms. The predicted molar refractivity (Wildman–Crippen MR) is 139 cm³/mol. The van der Waals surface area contributed by atoms with Gasteiger partial charge in [-0.15, -0.1) is 11.3 Å². The van der Waals surface area contributed by atoms with Crippen LogP contribution >= 0.6 is 22.9 Å². The molecule has 2 saturated heterocycles. The second-order valence-electron chi connectivity index (χ2n) is 9.27. The number of thiophene rings is 1. The molecular weight excluding hydrogens is 452 g/mol. The second kappa shape index (κ2) is 10.00. The third-order valence-corrected chi connectivity index (χ3v) is 8.30. The summed E-state index contributed by atoms with van der Waals surface area (Å²) in [7, 11) is 0. The smallest absolute Gasteiger partial charge is 0.224 e. The van der Waals surface area contributed by atoms with Gasteiger partial charge in [-0.2, -0.15) is 0 Å². The highest BCUT2D eigenvalue weighted by molar-refractivity contribution is 7.10. The monoisotopic (exact) mass is 482 g/mol. The molecule has 0 bridgehead atoms. The molecular formula is C26H31ClN4OS. The number of halogens is 1. The van der Waals surface area contributed by atoms with Crippen LogP contribution in [0.15, 0.2) is 35.7 Å². The third kappa shape index (κ3) is 5.34. The standard InChI is InChI=1S/C26H31ClN4OS/c1-18-14-25(31-12-8-21(9-13-31)30-10-2-3-11-30)29-24-6-4-20(16-23(18)24)28-26(32)7-5-22-15-19(27)17-33-22/h4,6,14-17,21H,2-3,5,7-13H2,1H3,(H,28,32). The molecule has 2 aliphatic heterocycles. The summed E-state index contributed by atoms with van der Waals surface area (Å²) in [6, 6.07) is 10.9. The summed E-state index contributed by atoms with van der Waals surface area (Å²) in [6.45, 7) is 6.83. The van der Waals surface area contributed by atoms with Crippen LogP contribution in [0.2, 0.25) is 5.02 Å². The van der Waals surface area contributed by atoms with Gasteiger partial charge in [0.05, 0.1) is 10.5 Å². The van der Waals surface area contributed by atoms with Crippen LogP contribution < -0.4 is 10.2 Å². The van der Waals surface area contributed by atoms with Crippen molar-refractivity contribution in [2.45, 2.75) is 51.5 Å². The van der Waals surface area contributed by atoms with Crippen molar-refractivity contribution in [3.05, 3.63) is 51.2 Å². The second-order valence-corrected chi connectivity index (χ2v) is 10.7. The molecule has 4 heterocycles. The zero-order valence-electron chi connectivity index (χ0n) is 19.1. The fourth-order valence-electron chi connectivity index (χ4n) is 5.13. The first-order valence-electron chi connectivity index (χ1n) is 12.0. The van der Waals surface area contributed by atoms with E-state index in [9.17, 15) is 4.79 Å². The summed E-state index contributed by atoms with van der Waals surface area (Å²) in [4.78, 5) is 23.6. The van der Waals surface area contributed by atoms with Gasteiger partial charge in [-0.1, -0.05) is 11.6 Å². The molecule has 5 rings (SSSR count). The van der Waals surface area contributed by atoms with E-state index in [1.54, 1.807) is 11.3 Å². The average molecular weight is 483 g/mol. The molecule has 3 aromatic rings. The minimum absolute atomic E-state index is 0.0157. The third-order valence-electron chi connectivity index (χ3n) is 6.95. The van der Waals surface area contributed by atoms with Gasteiger partial charge in [0.15, 0.2) is 0 Å². The first kappa shape index (κ1) is 22.6. The SMILES string of the molecule is Cc1cc(N2CCC(N3CCCC3)CC2)nc2ccc(NC(=O)CCc3cc(Cl)cs3)cc12. The van der Waals surface area contributed by atoms with Gasteiger partial charge in [-0.3, -0.25) is 4.79 Å². The van der Waals surface area contributed by atoms with Gasteiger partial charge in [0.1, 0.15) is 5.82 Å². The summed E-state index contributed by atoms with van der Waals surface area (Å²) < 4.78 is 0. The number of likely N-dealkylation sites (tertiary alicyclic amines) is 1. The molecule has 174 valence electrons. The zero-order chi connectivity index (χ0) is 22.8. The van der Waals surface area contributed by atoms with E-state index < -0.39 is 0 Å². The maximum absolute atomic E-state index is 12.4. The maximum Gasteiger partial charge on any atom is 0.224 e. The van der Waals surface area contributed by atoms with E-state index in [0.29, 0.717) is 12.8 Å². The highest BCUT2D eigenvalue weighted by Gasteiger charge is 2.27. The summed E-state index contributed by atoms with van der Waals surface area (Å²) in [5.74, 6) is 1.09. The van der Waals surface area contributed by atoms with Gasteiger partial charge in [-0.05, 0) is 88.0 Å². The van der Waals surface area contributed by atoms with Crippen molar-refractivity contribution in [2.75, 3.05) is 36.4 Å². The minimum Gasteiger partial charge on any atom is -0.356 e. The highest BCUT2D eigenvalue weighted by atomic mass is 35.5. The van der Waals surface area contributed by atoms with Crippen LogP contribution in [-0.2, 0) is 11.2 Å². The lowest BCUT2D eigenvalue weighted by atomic mass is 10.0. The quantitative estimate of drug-likeness (QED) is 0.475. The Labute approximate surface area is 204 Å². The van der Waals surface area contributed by atoms with Gasteiger partial charge in [0.25, 0.3) is 0 Å². The Balaban J connectivity index is 1.22. The van der Waals surface area contributed by atoms with Crippen molar-refractivity contribution < 1.29 is 4.79 Å². The highest BCUT2D eigenvalue weighted by Crippen LogP contribution is 2.29. The van der Waals surface area contributed by atoms with E-state index in [4.69, 9.17) is 16.6 Å². The average Bonchev–Trinajstić information content (AvgIpc) is 3.50. The lowest BCUT2D eigenvalue weighted by molar-refractivity contribution is -0.116. The molecule has 1 amide bonds. The number of anilines is 2. The lowest BCUT2D eigenvalue weighted by Crippen LogP contribution is -2.44. The van der Waals surface area contributed by atoms with E-state index in [1.807, 2.05) is 29.6 Å². The molecule has 0 saturated carbocycles. The molecule has 0 aliphatic carbocycles. The number of amides is 1. The van der Waals surface area contributed by atoms with Gasteiger partial charge >= 0.3 is 0 Å². The van der Waals surface area contributed by atoms with Gasteiger partial charge in [0.2, 0.25) is 5.91 Å². The minimum atomic E-state index is 0.0157. The molecule has 2 aliphatic rings. The number of carbonyl (C=O) groups is 1. The largest absolute Gasteiger partial charge is 0.356 e. The number of aryl methyl sites for hydroxylation is 2. The van der Waals surface area contributed by atoms with E-state index in [2.05, 4.69) is 28.1 Å². The molecule has 0 atom stereocenters. The summed E-state index contributed by atoms with van der Waals surface area (Å²) in [6.07, 6.45) is 6.31. The number of hydrogen-bond acceptors (Lipinski definition) is 5. The first-order chi connectivity index (χ1) is 16.0. The van der Waals surface area contributed by atoms with Crippen molar-refractivity contribution >= 4 is 51.3 Å². The van der Waals surface area contributed by atoms with Crippen LogP contribution in [0.4, 0.5) is 11.5 Å². The Morgan fingerprint density at radius 1 is 1.15 bits per heavy atom. The van der Waals surface area contributed by atoms with Crippen molar-refractivity contribution in [1.82, 2.24) is 9.88 Å². The Hall–Kier alpha value is -2.15. The van der Waals surface area contributed by atoms with Crippen molar-refractivity contribution in [3.63, 3.8) is 0 Å². The number of aromatic nitrogens is 1. The Kier molecular flexibility index (Phi) is 6.86. The molecule has 1 N–H and O–H groups in total. The van der Waals surface area contributed by atoms with Crippen LogP contribution in [0.1, 0.15) is 42.5 Å². The number of rotatable bonds is 6. The van der Waals surface area contributed by atoms with Gasteiger partial charge in [-0.25, -0.2) is 4.98 Å². The van der Waals surface area contributed by atoms with Gasteiger partial charge in [0, 0.05) is 46.9 Å². The number of nitrogens with one attached hydrogen (secondary N) is 1. The Bertz CT molecular complexity index is 1130. The summed E-state index contributed by atoms with van der Waals surface area (Å²) >= 11 is 7.56. The number of pyridine rings is 1. The molecule has 33 heavy (non-hydrogen) atoms. The lowest BCUT2D eigenvalue weighted by Gasteiger charge is -2.37. The molecule has 2 aromatic heterocycles. The van der Waals surface area contributed by atoms with E-state index in [1.165, 1.54) is 44.3 Å². The fourth-order valence-corrected chi connectivity index (χ4v) is 6.21. The molecule has 5 nitrogen and oxygen atoms in total. The van der Waals surface area contributed by atoms with Crippen LogP contribution in [-0.4, -0.2) is 48.0 Å². The van der Waals surface area contributed by atoms with E-state index >= 15 is 0 Å². The van der Waals surface area contributed by atoms with Crippen molar-refractivity contribution in [2.24, 2.45) is 0 Å². The number of fused-ring (bicyclic) bond motifs is 1. The normalized spacial score (nSPS) is 17.7. The zero-order valence-corrected chi connectivity index (χ0v) is 20.7. The van der Waals surface area contributed by atoms with Crippen LogP contribution in [0.25, 0.3) is 10.9 Å². The summed E-state index contributed by atoms with van der Waals surface area (Å²) in [5, 5.41) is 6.77. The van der Waals surface area contributed by atoms with Crippen LogP contribution in [0.5, 0.6) is 0 Å².